The lowest BCUT2D eigenvalue weighted by atomic mass is 10.0. The van der Waals surface area contributed by atoms with Gasteiger partial charge in [-0.1, -0.05) is 191 Å². The average Bonchev–Trinajstić information content (AvgIpc) is 3.12. The summed E-state index contributed by atoms with van der Waals surface area (Å²) in [5, 5.41) is 10.0. The van der Waals surface area contributed by atoms with Crippen LogP contribution in [0.25, 0.3) is 0 Å². The fourth-order valence-electron chi connectivity index (χ4n) is 5.90. The van der Waals surface area contributed by atoms with Crippen molar-refractivity contribution in [2.45, 2.75) is 213 Å². The summed E-state index contributed by atoms with van der Waals surface area (Å²) in [6.07, 6.45) is 51.7. The Bertz CT molecular complexity index is 842. The molecule has 0 saturated carbocycles. The van der Waals surface area contributed by atoms with Gasteiger partial charge in [0.1, 0.15) is 19.3 Å². The zero-order valence-electron chi connectivity index (χ0n) is 32.9. The summed E-state index contributed by atoms with van der Waals surface area (Å²) in [5.74, 6) is -0.587. The quantitative estimate of drug-likeness (QED) is 0.0394. The van der Waals surface area contributed by atoms with Crippen LogP contribution < -0.4 is 0 Å². The highest BCUT2D eigenvalue weighted by Gasteiger charge is 2.12. The predicted molar refractivity (Wildman–Crippen MR) is 214 cm³/mol. The van der Waals surface area contributed by atoms with Gasteiger partial charge in [0, 0.05) is 12.8 Å². The second-order valence-electron chi connectivity index (χ2n) is 14.1. The summed E-state index contributed by atoms with van der Waals surface area (Å²) in [6, 6.07) is 0. The fraction of sp³-hybridized carbons (Fsp3) is 0.778. The van der Waals surface area contributed by atoms with Crippen molar-refractivity contribution < 1.29 is 24.2 Å². The third-order valence-electron chi connectivity index (χ3n) is 9.08. The first-order valence-electron chi connectivity index (χ1n) is 21.2. The Kier molecular flexibility index (Phi) is 39.5. The van der Waals surface area contributed by atoms with Crippen LogP contribution in [-0.2, 0) is 19.1 Å². The van der Waals surface area contributed by atoms with E-state index in [0.29, 0.717) is 12.8 Å². The summed E-state index contributed by atoms with van der Waals surface area (Å²) in [4.78, 5) is 24.0. The van der Waals surface area contributed by atoms with Gasteiger partial charge in [0.05, 0.1) is 0 Å². The molecule has 0 bridgehead atoms. The summed E-state index contributed by atoms with van der Waals surface area (Å²) in [7, 11) is 0. The highest BCUT2D eigenvalue weighted by molar-refractivity contribution is 5.69. The number of aliphatic hydroxyl groups is 1. The SMILES string of the molecule is CC/C=C\C/C=C\C/C=C\C/C=C\CCCCCCC(=O)OC[C@H](O)COC(=O)CCCCCCCCCCCCCCCCCCCCC. The Balaban J connectivity index is 3.45. The molecule has 0 aliphatic heterocycles. The molecule has 0 aliphatic rings. The summed E-state index contributed by atoms with van der Waals surface area (Å²) >= 11 is 0. The van der Waals surface area contributed by atoms with Gasteiger partial charge in [0.25, 0.3) is 0 Å². The van der Waals surface area contributed by atoms with Gasteiger partial charge in [0.15, 0.2) is 0 Å². The number of hydrogen-bond acceptors (Lipinski definition) is 5. The first-order chi connectivity index (χ1) is 24.6. The molecule has 0 radical (unpaired) electrons. The standard InChI is InChI=1S/C45H80O5/c1-3-5-7-9-11-13-15-17-19-21-22-24-26-28-30-32-34-36-38-40-45(48)50-42-43(46)41-49-44(47)39-37-35-33-31-29-27-25-23-20-18-16-14-12-10-8-6-4-2/h6,8,12,14,18,20,25,27,43,46H,3-5,7,9-11,13,15-17,19,21-24,26,28-42H2,1-2H3/b8-6-,14-12-,20-18-,27-25-/t43-/m0/s1. The van der Waals surface area contributed by atoms with E-state index in [2.05, 4.69) is 62.5 Å². The van der Waals surface area contributed by atoms with E-state index >= 15 is 0 Å². The zero-order valence-corrected chi connectivity index (χ0v) is 32.9. The van der Waals surface area contributed by atoms with Crippen molar-refractivity contribution in [3.05, 3.63) is 48.6 Å². The largest absolute Gasteiger partial charge is 0.463 e. The second kappa shape index (κ2) is 41.3. The second-order valence-corrected chi connectivity index (χ2v) is 14.1. The van der Waals surface area contributed by atoms with E-state index in [1.807, 2.05) is 0 Å². The molecule has 0 aromatic rings. The van der Waals surface area contributed by atoms with Crippen LogP contribution >= 0.6 is 0 Å². The van der Waals surface area contributed by atoms with Crippen LogP contribution in [0.5, 0.6) is 0 Å². The van der Waals surface area contributed by atoms with E-state index in [0.717, 1.165) is 77.0 Å². The maximum atomic E-state index is 12.0. The number of carbonyl (C=O) groups excluding carboxylic acids is 2. The van der Waals surface area contributed by atoms with Gasteiger partial charge < -0.3 is 14.6 Å². The van der Waals surface area contributed by atoms with Crippen LogP contribution in [-0.4, -0.2) is 36.4 Å². The molecule has 0 aromatic carbocycles. The Morgan fingerprint density at radius 2 is 0.760 bits per heavy atom. The van der Waals surface area contributed by atoms with Gasteiger partial charge in [-0.2, -0.15) is 0 Å². The van der Waals surface area contributed by atoms with Crippen molar-refractivity contribution in [2.75, 3.05) is 13.2 Å². The number of ether oxygens (including phenoxy) is 2. The third kappa shape index (κ3) is 40.3. The molecule has 1 atom stereocenters. The Labute approximate surface area is 309 Å². The first-order valence-corrected chi connectivity index (χ1v) is 21.2. The molecule has 5 nitrogen and oxygen atoms in total. The van der Waals surface area contributed by atoms with Crippen molar-refractivity contribution in [1.29, 1.82) is 0 Å². The number of allylic oxidation sites excluding steroid dienone is 8. The van der Waals surface area contributed by atoms with Gasteiger partial charge in [0.2, 0.25) is 0 Å². The molecule has 0 saturated heterocycles. The molecule has 0 aliphatic carbocycles. The van der Waals surface area contributed by atoms with E-state index < -0.39 is 6.10 Å². The number of aliphatic hydroxyl groups excluding tert-OH is 1. The maximum Gasteiger partial charge on any atom is 0.305 e. The molecule has 0 amide bonds. The molecular weight excluding hydrogens is 620 g/mol. The van der Waals surface area contributed by atoms with Crippen molar-refractivity contribution in [1.82, 2.24) is 0 Å². The van der Waals surface area contributed by atoms with Crippen molar-refractivity contribution >= 4 is 11.9 Å². The van der Waals surface area contributed by atoms with Gasteiger partial charge in [-0.05, 0) is 51.4 Å². The lowest BCUT2D eigenvalue weighted by Crippen LogP contribution is -2.25. The van der Waals surface area contributed by atoms with Crippen LogP contribution in [0.4, 0.5) is 0 Å². The number of carbonyl (C=O) groups is 2. The van der Waals surface area contributed by atoms with Crippen LogP contribution in [0.15, 0.2) is 48.6 Å². The van der Waals surface area contributed by atoms with Gasteiger partial charge >= 0.3 is 11.9 Å². The molecular formula is C45H80O5. The number of hydrogen-bond donors (Lipinski definition) is 1. The summed E-state index contributed by atoms with van der Waals surface area (Å²) < 4.78 is 10.3. The van der Waals surface area contributed by atoms with Crippen LogP contribution in [0.3, 0.4) is 0 Å². The van der Waals surface area contributed by atoms with Crippen molar-refractivity contribution in [3.63, 3.8) is 0 Å². The first kappa shape index (κ1) is 47.9. The van der Waals surface area contributed by atoms with Crippen LogP contribution in [0.2, 0.25) is 0 Å². The van der Waals surface area contributed by atoms with Crippen LogP contribution in [0.1, 0.15) is 206 Å². The molecule has 0 heterocycles. The lowest BCUT2D eigenvalue weighted by Gasteiger charge is -2.12. The zero-order chi connectivity index (χ0) is 36.4. The van der Waals surface area contributed by atoms with E-state index in [4.69, 9.17) is 9.47 Å². The van der Waals surface area contributed by atoms with E-state index in [9.17, 15) is 14.7 Å². The minimum Gasteiger partial charge on any atom is -0.463 e. The molecule has 0 unspecified atom stereocenters. The Morgan fingerprint density at radius 1 is 0.440 bits per heavy atom. The molecule has 0 spiro atoms. The predicted octanol–water partition coefficient (Wildman–Crippen LogP) is 13.4. The van der Waals surface area contributed by atoms with Crippen LogP contribution in [0, 0.1) is 0 Å². The maximum absolute atomic E-state index is 12.0. The molecule has 5 heteroatoms. The number of esters is 2. The minimum atomic E-state index is -0.973. The van der Waals surface area contributed by atoms with Crippen molar-refractivity contribution in [2.24, 2.45) is 0 Å². The highest BCUT2D eigenvalue weighted by Crippen LogP contribution is 2.15. The Morgan fingerprint density at radius 3 is 1.14 bits per heavy atom. The molecule has 0 rings (SSSR count). The Hall–Kier alpha value is -2.14. The van der Waals surface area contributed by atoms with Gasteiger partial charge in [-0.25, -0.2) is 0 Å². The summed E-state index contributed by atoms with van der Waals surface area (Å²) in [5.41, 5.74) is 0. The van der Waals surface area contributed by atoms with Gasteiger partial charge in [-0.3, -0.25) is 9.59 Å². The summed E-state index contributed by atoms with van der Waals surface area (Å²) in [6.45, 7) is 4.18. The molecule has 0 aromatic heterocycles. The fourth-order valence-corrected chi connectivity index (χ4v) is 5.90. The monoisotopic (exact) mass is 701 g/mol. The third-order valence-corrected chi connectivity index (χ3v) is 9.08. The average molecular weight is 701 g/mol. The topological polar surface area (TPSA) is 72.8 Å². The normalized spacial score (nSPS) is 12.6. The molecule has 50 heavy (non-hydrogen) atoms. The number of rotatable bonds is 38. The number of unbranched alkanes of at least 4 members (excludes halogenated alkanes) is 22. The highest BCUT2D eigenvalue weighted by atomic mass is 16.6. The smallest absolute Gasteiger partial charge is 0.305 e. The molecule has 1 N–H and O–H groups in total. The van der Waals surface area contributed by atoms with E-state index in [1.54, 1.807) is 0 Å². The van der Waals surface area contributed by atoms with Crippen molar-refractivity contribution in [3.8, 4) is 0 Å². The molecule has 290 valence electrons. The van der Waals surface area contributed by atoms with E-state index in [-0.39, 0.29) is 25.2 Å². The molecule has 0 fully saturated rings. The van der Waals surface area contributed by atoms with Gasteiger partial charge in [-0.15, -0.1) is 0 Å². The van der Waals surface area contributed by atoms with E-state index in [1.165, 1.54) is 103 Å². The minimum absolute atomic E-state index is 0.122. The lowest BCUT2D eigenvalue weighted by molar-refractivity contribution is -0.152.